The average Bonchev–Trinajstić information content (AvgIpc) is 2.46. The van der Waals surface area contributed by atoms with Crippen LogP contribution < -0.4 is 4.90 Å². The zero-order valence-corrected chi connectivity index (χ0v) is 13.2. The molecule has 2 rings (SSSR count). The van der Waals surface area contributed by atoms with Crippen molar-refractivity contribution in [3.05, 3.63) is 18.1 Å². The van der Waals surface area contributed by atoms with Crippen molar-refractivity contribution in [3.63, 3.8) is 0 Å². The van der Waals surface area contributed by atoms with Gasteiger partial charge in [-0.2, -0.15) is 0 Å². The number of hydrogen-bond donors (Lipinski definition) is 1. The average molecular weight is 292 g/mol. The first-order valence-corrected chi connectivity index (χ1v) is 7.36. The van der Waals surface area contributed by atoms with Crippen LogP contribution in [0.4, 0.5) is 5.82 Å². The Morgan fingerprint density at radius 1 is 1.52 bits per heavy atom. The summed E-state index contributed by atoms with van der Waals surface area (Å²) in [6.45, 7) is 5.44. The molecule has 2 heterocycles. The molecule has 1 saturated heterocycles. The minimum absolute atomic E-state index is 0.152. The van der Waals surface area contributed by atoms with Crippen LogP contribution >= 0.6 is 0 Å². The Kier molecular flexibility index (Phi) is 4.46. The number of rotatable bonds is 3. The quantitative estimate of drug-likeness (QED) is 0.905. The molecule has 1 aromatic rings. The van der Waals surface area contributed by atoms with Crippen molar-refractivity contribution in [1.29, 1.82) is 0 Å². The molecular formula is C15H24N4O2. The molecule has 0 saturated carbocycles. The van der Waals surface area contributed by atoms with E-state index >= 15 is 0 Å². The van der Waals surface area contributed by atoms with Gasteiger partial charge in [0.1, 0.15) is 11.5 Å². The summed E-state index contributed by atoms with van der Waals surface area (Å²) in [7, 11) is 3.39. The van der Waals surface area contributed by atoms with Gasteiger partial charge in [0.25, 0.3) is 5.91 Å². The number of anilines is 1. The number of aliphatic hydroxyl groups is 1. The zero-order valence-electron chi connectivity index (χ0n) is 13.2. The fourth-order valence-electron chi connectivity index (χ4n) is 2.74. The number of piperidine rings is 1. The summed E-state index contributed by atoms with van der Waals surface area (Å²) in [5, 5.41) is 10.4. The molecule has 21 heavy (non-hydrogen) atoms. The number of carbonyl (C=O) groups is 1. The molecule has 0 unspecified atom stereocenters. The molecular weight excluding hydrogens is 268 g/mol. The number of nitrogens with zero attached hydrogens (tertiary/aromatic N) is 4. The molecule has 0 bridgehead atoms. The van der Waals surface area contributed by atoms with Gasteiger partial charge in [-0.25, -0.2) is 4.98 Å². The highest BCUT2D eigenvalue weighted by Crippen LogP contribution is 2.31. The van der Waals surface area contributed by atoms with Gasteiger partial charge < -0.3 is 14.9 Å². The molecule has 1 aliphatic rings. The largest absolute Gasteiger partial charge is 0.390 e. The smallest absolute Gasteiger partial charge is 0.273 e. The number of amides is 1. The lowest BCUT2D eigenvalue weighted by atomic mass is 9.81. The lowest BCUT2D eigenvalue weighted by Crippen LogP contribution is -2.50. The van der Waals surface area contributed by atoms with E-state index in [0.29, 0.717) is 17.9 Å². The summed E-state index contributed by atoms with van der Waals surface area (Å²) >= 11 is 0. The molecule has 6 heteroatoms. The molecule has 1 aromatic heterocycles. The lowest BCUT2D eigenvalue weighted by molar-refractivity contribution is -0.0183. The summed E-state index contributed by atoms with van der Waals surface area (Å²) in [6.07, 6.45) is 4.77. The third kappa shape index (κ3) is 3.32. The maximum absolute atomic E-state index is 12.0. The predicted octanol–water partition coefficient (Wildman–Crippen LogP) is 1.17. The molecule has 0 radical (unpaired) electrons. The van der Waals surface area contributed by atoms with Crippen LogP contribution in [0.25, 0.3) is 0 Å². The van der Waals surface area contributed by atoms with E-state index in [2.05, 4.69) is 21.8 Å². The van der Waals surface area contributed by atoms with E-state index in [1.165, 1.54) is 11.1 Å². The molecule has 0 aliphatic carbocycles. The Labute approximate surface area is 125 Å². The van der Waals surface area contributed by atoms with Crippen LogP contribution in [0.3, 0.4) is 0 Å². The van der Waals surface area contributed by atoms with Crippen LogP contribution in [-0.2, 0) is 0 Å². The van der Waals surface area contributed by atoms with Gasteiger partial charge in [-0.15, -0.1) is 0 Å². The van der Waals surface area contributed by atoms with Gasteiger partial charge in [0.2, 0.25) is 0 Å². The van der Waals surface area contributed by atoms with Gasteiger partial charge in [-0.1, -0.05) is 6.92 Å². The van der Waals surface area contributed by atoms with Crippen molar-refractivity contribution < 1.29 is 9.90 Å². The van der Waals surface area contributed by atoms with Crippen LogP contribution in [-0.4, -0.2) is 58.7 Å². The summed E-state index contributed by atoms with van der Waals surface area (Å²) in [4.78, 5) is 24.1. The standard InChI is InChI=1S/C15H24N4O2/c1-5-11-10-19(7-6-15(11,2)21)13-9-16-8-12(17-13)14(20)18(3)4/h8-9,11,21H,5-7,10H2,1-4H3/t11-,15+/m0/s1. The normalized spacial score (nSPS) is 25.8. The molecule has 116 valence electrons. The summed E-state index contributed by atoms with van der Waals surface area (Å²) in [5.74, 6) is 0.748. The Morgan fingerprint density at radius 2 is 2.24 bits per heavy atom. The van der Waals surface area contributed by atoms with E-state index < -0.39 is 5.60 Å². The summed E-state index contributed by atoms with van der Waals surface area (Å²) in [6, 6.07) is 0. The van der Waals surface area contributed by atoms with Crippen molar-refractivity contribution in [2.75, 3.05) is 32.1 Å². The molecule has 0 spiro atoms. The molecule has 2 atom stereocenters. The zero-order chi connectivity index (χ0) is 15.6. The van der Waals surface area contributed by atoms with Gasteiger partial charge >= 0.3 is 0 Å². The molecule has 1 aliphatic heterocycles. The highest BCUT2D eigenvalue weighted by atomic mass is 16.3. The van der Waals surface area contributed by atoms with Gasteiger partial charge in [0.05, 0.1) is 18.0 Å². The number of hydrogen-bond acceptors (Lipinski definition) is 5. The fourth-order valence-corrected chi connectivity index (χ4v) is 2.74. The third-order valence-corrected chi connectivity index (χ3v) is 4.27. The van der Waals surface area contributed by atoms with E-state index in [4.69, 9.17) is 0 Å². The third-order valence-electron chi connectivity index (χ3n) is 4.27. The van der Waals surface area contributed by atoms with E-state index in [1.807, 2.05) is 6.92 Å². The number of aromatic nitrogens is 2. The molecule has 1 amide bonds. The Morgan fingerprint density at radius 3 is 2.86 bits per heavy atom. The van der Waals surface area contributed by atoms with Crippen molar-refractivity contribution in [3.8, 4) is 0 Å². The highest BCUT2D eigenvalue weighted by Gasteiger charge is 2.36. The first-order chi connectivity index (χ1) is 9.85. The molecule has 6 nitrogen and oxygen atoms in total. The maximum Gasteiger partial charge on any atom is 0.273 e. The van der Waals surface area contributed by atoms with Crippen LogP contribution in [0.5, 0.6) is 0 Å². The van der Waals surface area contributed by atoms with Crippen LogP contribution in [0, 0.1) is 5.92 Å². The molecule has 1 fully saturated rings. The van der Waals surface area contributed by atoms with Crippen LogP contribution in [0.2, 0.25) is 0 Å². The van der Waals surface area contributed by atoms with Gasteiger partial charge in [-0.05, 0) is 19.8 Å². The predicted molar refractivity (Wildman–Crippen MR) is 81.3 cm³/mol. The second-order valence-electron chi connectivity index (χ2n) is 6.12. The number of carbonyl (C=O) groups excluding carboxylic acids is 1. The summed E-state index contributed by atoms with van der Waals surface area (Å²) < 4.78 is 0. The van der Waals surface area contributed by atoms with Crippen LogP contribution in [0.15, 0.2) is 12.4 Å². The molecule has 1 N–H and O–H groups in total. The minimum atomic E-state index is -0.629. The van der Waals surface area contributed by atoms with Crippen molar-refractivity contribution in [2.45, 2.75) is 32.3 Å². The van der Waals surface area contributed by atoms with E-state index in [-0.39, 0.29) is 11.8 Å². The van der Waals surface area contributed by atoms with Gasteiger partial charge in [0.15, 0.2) is 0 Å². The minimum Gasteiger partial charge on any atom is -0.390 e. The Hall–Kier alpha value is -1.69. The van der Waals surface area contributed by atoms with Gasteiger partial charge in [0, 0.05) is 33.1 Å². The highest BCUT2D eigenvalue weighted by molar-refractivity contribution is 5.91. The van der Waals surface area contributed by atoms with E-state index in [9.17, 15) is 9.90 Å². The second-order valence-corrected chi connectivity index (χ2v) is 6.12. The van der Waals surface area contributed by atoms with Crippen molar-refractivity contribution in [1.82, 2.24) is 14.9 Å². The Balaban J connectivity index is 2.19. The first kappa shape index (κ1) is 15.7. The lowest BCUT2D eigenvalue weighted by Gasteiger charge is -2.42. The fraction of sp³-hybridized carbons (Fsp3) is 0.667. The van der Waals surface area contributed by atoms with Gasteiger partial charge in [-0.3, -0.25) is 9.78 Å². The first-order valence-electron chi connectivity index (χ1n) is 7.36. The SMILES string of the molecule is CC[C@H]1CN(c2cncc(C(=O)N(C)C)n2)CC[C@@]1(C)O. The Bertz CT molecular complexity index is 516. The maximum atomic E-state index is 12.0. The van der Waals surface area contributed by atoms with E-state index in [0.717, 1.165) is 19.5 Å². The monoisotopic (exact) mass is 292 g/mol. The van der Waals surface area contributed by atoms with E-state index in [1.54, 1.807) is 20.3 Å². The second kappa shape index (κ2) is 5.97. The van der Waals surface area contributed by atoms with Crippen LogP contribution in [0.1, 0.15) is 37.2 Å². The topological polar surface area (TPSA) is 69.6 Å². The van der Waals surface area contributed by atoms with Crippen molar-refractivity contribution >= 4 is 11.7 Å². The summed E-state index contributed by atoms with van der Waals surface area (Å²) in [5.41, 5.74) is -0.279. The molecule has 0 aromatic carbocycles. The van der Waals surface area contributed by atoms with Crippen molar-refractivity contribution in [2.24, 2.45) is 5.92 Å².